The standard InChI is InChI=1S/C21H19N5O3S2/c27-21(22-13-20-24-23-19-6-1-2-9-26(19)20)15-4-3-5-17(12-15)31(28,29)25-10-7-18-16(14-25)8-11-30-18/h1-6,8-9,11-12H,7,10,13-14H2,(H,22,27). The van der Waals surface area contributed by atoms with E-state index in [1.807, 2.05) is 35.8 Å². The maximum atomic E-state index is 13.2. The Balaban J connectivity index is 1.33. The normalized spacial score (nSPS) is 14.5. The van der Waals surface area contributed by atoms with Crippen LogP contribution in [0, 0.1) is 0 Å². The third kappa shape index (κ3) is 3.73. The molecule has 1 amide bonds. The van der Waals surface area contributed by atoms with Crippen LogP contribution in [0.3, 0.4) is 0 Å². The number of nitrogens with zero attached hydrogens (tertiary/aromatic N) is 4. The lowest BCUT2D eigenvalue weighted by Gasteiger charge is -2.26. The Morgan fingerprint density at radius 2 is 2.03 bits per heavy atom. The summed E-state index contributed by atoms with van der Waals surface area (Å²) in [6, 6.07) is 13.7. The van der Waals surface area contributed by atoms with Crippen molar-refractivity contribution in [1.29, 1.82) is 0 Å². The minimum absolute atomic E-state index is 0.117. The van der Waals surface area contributed by atoms with Crippen LogP contribution in [0.5, 0.6) is 0 Å². The first-order chi connectivity index (χ1) is 15.0. The van der Waals surface area contributed by atoms with Gasteiger partial charge in [0.05, 0.1) is 11.4 Å². The molecule has 0 bridgehead atoms. The number of benzene rings is 1. The zero-order chi connectivity index (χ0) is 21.4. The molecule has 0 fully saturated rings. The average molecular weight is 454 g/mol. The minimum Gasteiger partial charge on any atom is -0.345 e. The van der Waals surface area contributed by atoms with Crippen molar-refractivity contribution in [3.05, 3.63) is 81.9 Å². The molecule has 5 rings (SSSR count). The molecule has 1 aliphatic rings. The molecule has 0 radical (unpaired) electrons. The summed E-state index contributed by atoms with van der Waals surface area (Å²) >= 11 is 1.66. The van der Waals surface area contributed by atoms with Gasteiger partial charge in [-0.05, 0) is 53.8 Å². The maximum absolute atomic E-state index is 13.2. The number of carbonyl (C=O) groups excluding carboxylic acids is 1. The lowest BCUT2D eigenvalue weighted by atomic mass is 10.1. The lowest BCUT2D eigenvalue weighted by Crippen LogP contribution is -2.35. The van der Waals surface area contributed by atoms with Crippen LogP contribution >= 0.6 is 11.3 Å². The summed E-state index contributed by atoms with van der Waals surface area (Å²) in [7, 11) is -3.69. The summed E-state index contributed by atoms with van der Waals surface area (Å²) in [5.41, 5.74) is 2.02. The van der Waals surface area contributed by atoms with Crippen LogP contribution < -0.4 is 5.32 Å². The highest BCUT2D eigenvalue weighted by molar-refractivity contribution is 7.89. The molecule has 1 N–H and O–H groups in total. The highest BCUT2D eigenvalue weighted by Crippen LogP contribution is 2.28. The van der Waals surface area contributed by atoms with Gasteiger partial charge in [-0.2, -0.15) is 4.31 Å². The third-order valence-corrected chi connectivity index (χ3v) is 8.16. The van der Waals surface area contributed by atoms with Crippen molar-refractivity contribution >= 4 is 32.9 Å². The van der Waals surface area contributed by atoms with E-state index in [-0.39, 0.29) is 22.9 Å². The molecule has 0 unspecified atom stereocenters. The predicted molar refractivity (Wildman–Crippen MR) is 116 cm³/mol. The van der Waals surface area contributed by atoms with E-state index in [9.17, 15) is 13.2 Å². The van der Waals surface area contributed by atoms with E-state index >= 15 is 0 Å². The van der Waals surface area contributed by atoms with Gasteiger partial charge in [-0.3, -0.25) is 9.20 Å². The van der Waals surface area contributed by atoms with E-state index in [4.69, 9.17) is 0 Å². The first kappa shape index (κ1) is 19.9. The van der Waals surface area contributed by atoms with E-state index in [1.54, 1.807) is 27.9 Å². The zero-order valence-corrected chi connectivity index (χ0v) is 18.1. The van der Waals surface area contributed by atoms with E-state index < -0.39 is 10.0 Å². The highest BCUT2D eigenvalue weighted by Gasteiger charge is 2.29. The van der Waals surface area contributed by atoms with Crippen molar-refractivity contribution in [3.8, 4) is 0 Å². The van der Waals surface area contributed by atoms with Gasteiger partial charge in [-0.25, -0.2) is 8.42 Å². The van der Waals surface area contributed by atoms with Crippen LogP contribution in [0.1, 0.15) is 26.6 Å². The molecule has 1 aliphatic heterocycles. The van der Waals surface area contributed by atoms with Crippen LogP contribution in [-0.4, -0.2) is 39.8 Å². The fraction of sp³-hybridized carbons (Fsp3) is 0.190. The fourth-order valence-electron chi connectivity index (χ4n) is 3.65. The summed E-state index contributed by atoms with van der Waals surface area (Å²) in [6.07, 6.45) is 2.53. The van der Waals surface area contributed by atoms with E-state index in [2.05, 4.69) is 15.5 Å². The van der Waals surface area contributed by atoms with Gasteiger partial charge in [0.15, 0.2) is 11.5 Å². The topological polar surface area (TPSA) is 96.7 Å². The number of hydrogen-bond donors (Lipinski definition) is 1. The third-order valence-electron chi connectivity index (χ3n) is 5.30. The Kier molecular flexibility index (Phi) is 5.05. The second-order valence-electron chi connectivity index (χ2n) is 7.21. The molecule has 4 aromatic rings. The van der Waals surface area contributed by atoms with Gasteiger partial charge in [0.2, 0.25) is 10.0 Å². The van der Waals surface area contributed by atoms with E-state index in [0.29, 0.717) is 31.0 Å². The van der Waals surface area contributed by atoms with Crippen LogP contribution in [0.2, 0.25) is 0 Å². The zero-order valence-electron chi connectivity index (χ0n) is 16.4. The van der Waals surface area contributed by atoms with Gasteiger partial charge in [0.25, 0.3) is 5.91 Å². The van der Waals surface area contributed by atoms with Crippen LogP contribution in [0.4, 0.5) is 0 Å². The molecule has 0 saturated carbocycles. The molecule has 0 spiro atoms. The monoisotopic (exact) mass is 453 g/mol. The molecule has 1 aromatic carbocycles. The molecule has 0 saturated heterocycles. The number of nitrogens with one attached hydrogen (secondary N) is 1. The van der Waals surface area contributed by atoms with Crippen molar-refractivity contribution in [3.63, 3.8) is 0 Å². The molecule has 4 heterocycles. The van der Waals surface area contributed by atoms with E-state index in [1.165, 1.54) is 21.3 Å². The van der Waals surface area contributed by atoms with Gasteiger partial charge in [-0.1, -0.05) is 12.1 Å². The molecule has 0 atom stereocenters. The first-order valence-electron chi connectivity index (χ1n) is 9.75. The number of amides is 1. The smallest absolute Gasteiger partial charge is 0.251 e. The summed E-state index contributed by atoms with van der Waals surface area (Å²) < 4.78 is 29.6. The van der Waals surface area contributed by atoms with Gasteiger partial charge in [-0.15, -0.1) is 21.5 Å². The number of hydrogen-bond acceptors (Lipinski definition) is 6. The van der Waals surface area contributed by atoms with Crippen molar-refractivity contribution in [2.45, 2.75) is 24.4 Å². The largest absolute Gasteiger partial charge is 0.345 e. The molecule has 0 aliphatic carbocycles. The molecule has 8 nitrogen and oxygen atoms in total. The number of aromatic nitrogens is 3. The maximum Gasteiger partial charge on any atom is 0.251 e. The second-order valence-corrected chi connectivity index (χ2v) is 10.2. The number of sulfonamides is 1. The van der Waals surface area contributed by atoms with E-state index in [0.717, 1.165) is 5.56 Å². The summed E-state index contributed by atoms with van der Waals surface area (Å²) in [5, 5.41) is 12.9. The first-order valence-corrected chi connectivity index (χ1v) is 12.1. The van der Waals surface area contributed by atoms with Crippen LogP contribution in [-0.2, 0) is 29.5 Å². The Labute approximate surface area is 183 Å². The van der Waals surface area contributed by atoms with Crippen LogP contribution in [0.25, 0.3) is 5.65 Å². The summed E-state index contributed by atoms with van der Waals surface area (Å²) in [4.78, 5) is 14.0. The van der Waals surface area contributed by atoms with Crippen molar-refractivity contribution in [1.82, 2.24) is 24.2 Å². The number of carbonyl (C=O) groups is 1. The van der Waals surface area contributed by atoms with Gasteiger partial charge in [0.1, 0.15) is 0 Å². The SMILES string of the molecule is O=C(NCc1nnc2ccccn12)c1cccc(S(=O)(=O)N2CCc3sccc3C2)c1. The Morgan fingerprint density at radius 3 is 2.94 bits per heavy atom. The second kappa shape index (κ2) is 7.88. The number of thiophene rings is 1. The Bertz CT molecular complexity index is 1380. The molecule has 3 aromatic heterocycles. The van der Waals surface area contributed by atoms with Gasteiger partial charge in [0, 0.05) is 29.7 Å². The summed E-state index contributed by atoms with van der Waals surface area (Å²) in [6.45, 7) is 0.970. The van der Waals surface area contributed by atoms with Crippen molar-refractivity contribution < 1.29 is 13.2 Å². The van der Waals surface area contributed by atoms with Crippen molar-refractivity contribution in [2.24, 2.45) is 0 Å². The Morgan fingerprint density at radius 1 is 1.13 bits per heavy atom. The number of fused-ring (bicyclic) bond motifs is 2. The van der Waals surface area contributed by atoms with Crippen molar-refractivity contribution in [2.75, 3.05) is 6.54 Å². The average Bonchev–Trinajstić information content (AvgIpc) is 3.44. The van der Waals surface area contributed by atoms with Crippen LogP contribution in [0.15, 0.2) is 65.0 Å². The number of pyridine rings is 1. The Hall–Kier alpha value is -3.08. The van der Waals surface area contributed by atoms with Gasteiger partial charge >= 0.3 is 0 Å². The number of rotatable bonds is 5. The molecule has 158 valence electrons. The molecule has 31 heavy (non-hydrogen) atoms. The van der Waals surface area contributed by atoms with Gasteiger partial charge < -0.3 is 5.32 Å². The molecular weight excluding hydrogens is 434 g/mol. The molecular formula is C21H19N5O3S2. The molecule has 10 heteroatoms. The highest BCUT2D eigenvalue weighted by atomic mass is 32.2. The lowest BCUT2D eigenvalue weighted by molar-refractivity contribution is 0.0949. The minimum atomic E-state index is -3.69. The summed E-state index contributed by atoms with van der Waals surface area (Å²) in [5.74, 6) is 0.219. The predicted octanol–water partition coefficient (Wildman–Crippen LogP) is 2.47. The quantitative estimate of drug-likeness (QED) is 0.501. The fourth-order valence-corrected chi connectivity index (χ4v) is 6.00.